The summed E-state index contributed by atoms with van der Waals surface area (Å²) < 4.78 is 24.1. The van der Waals surface area contributed by atoms with Crippen LogP contribution in [0.4, 0.5) is 10.1 Å². The van der Waals surface area contributed by atoms with Crippen LogP contribution in [0, 0.1) is 5.82 Å². The summed E-state index contributed by atoms with van der Waals surface area (Å²) in [6.45, 7) is 2.50. The highest BCUT2D eigenvalue weighted by atomic mass is 19.1. The molecular formula is C25H20FN3O3. The number of anilines is 1. The smallest absolute Gasteiger partial charge is 0.321 e. The number of nitrogens with one attached hydrogen (secondary N) is 1. The van der Waals surface area contributed by atoms with Gasteiger partial charge in [-0.25, -0.2) is 14.4 Å². The lowest BCUT2D eigenvalue weighted by Crippen LogP contribution is -2.11. The maximum absolute atomic E-state index is 13.1. The second kappa shape index (κ2) is 9.70. The maximum atomic E-state index is 13.1. The Morgan fingerprint density at radius 3 is 2.09 bits per heavy atom. The fourth-order valence-electron chi connectivity index (χ4n) is 2.94. The van der Waals surface area contributed by atoms with Gasteiger partial charge in [-0.1, -0.05) is 12.1 Å². The zero-order valence-electron chi connectivity index (χ0n) is 17.3. The molecule has 0 fully saturated rings. The van der Waals surface area contributed by atoms with Gasteiger partial charge in [0.15, 0.2) is 0 Å². The number of nitrogens with zero attached hydrogens (tertiary/aromatic N) is 2. The van der Waals surface area contributed by atoms with Gasteiger partial charge in [0.05, 0.1) is 6.61 Å². The van der Waals surface area contributed by atoms with Crippen molar-refractivity contribution in [1.29, 1.82) is 0 Å². The molecule has 1 heterocycles. The van der Waals surface area contributed by atoms with Crippen LogP contribution in [0.25, 0.3) is 11.1 Å². The molecule has 0 aliphatic carbocycles. The first-order valence-electron chi connectivity index (χ1n) is 10.0. The van der Waals surface area contributed by atoms with E-state index < -0.39 is 0 Å². The fraction of sp³-hybridized carbons (Fsp3) is 0.0800. The fourth-order valence-corrected chi connectivity index (χ4v) is 2.94. The van der Waals surface area contributed by atoms with Crippen molar-refractivity contribution in [2.75, 3.05) is 11.9 Å². The van der Waals surface area contributed by atoms with Crippen molar-refractivity contribution < 1.29 is 18.7 Å². The molecule has 160 valence electrons. The predicted octanol–water partition coefficient (Wildman–Crippen LogP) is 5.73. The number of hydrogen-bond acceptors (Lipinski definition) is 5. The maximum Gasteiger partial charge on any atom is 0.321 e. The lowest BCUT2D eigenvalue weighted by molar-refractivity contribution is 0.102. The van der Waals surface area contributed by atoms with Gasteiger partial charge in [-0.05, 0) is 73.2 Å². The molecular weight excluding hydrogens is 409 g/mol. The van der Waals surface area contributed by atoms with Crippen molar-refractivity contribution in [3.05, 3.63) is 96.6 Å². The monoisotopic (exact) mass is 429 g/mol. The number of halogens is 1. The van der Waals surface area contributed by atoms with Crippen LogP contribution < -0.4 is 14.8 Å². The predicted molar refractivity (Wildman–Crippen MR) is 120 cm³/mol. The molecule has 0 spiro atoms. The average Bonchev–Trinajstić information content (AvgIpc) is 2.82. The normalized spacial score (nSPS) is 10.4. The molecule has 0 aliphatic heterocycles. The highest BCUT2D eigenvalue weighted by Gasteiger charge is 2.08. The Kier molecular flexibility index (Phi) is 6.36. The number of rotatable bonds is 7. The molecule has 3 aromatic carbocycles. The number of hydrogen-bond donors (Lipinski definition) is 1. The SMILES string of the molecule is CCOc1ccc(NC(=O)c2ccc(Oc3ncc(-c4ccc(F)cc4)cn3)cc2)cc1. The van der Waals surface area contributed by atoms with E-state index in [2.05, 4.69) is 15.3 Å². The van der Waals surface area contributed by atoms with Gasteiger partial charge >= 0.3 is 6.01 Å². The number of carbonyl (C=O) groups is 1. The Balaban J connectivity index is 1.36. The summed E-state index contributed by atoms with van der Waals surface area (Å²) in [4.78, 5) is 20.8. The minimum atomic E-state index is -0.300. The van der Waals surface area contributed by atoms with Gasteiger partial charge in [0.1, 0.15) is 17.3 Å². The summed E-state index contributed by atoms with van der Waals surface area (Å²) in [5.74, 6) is 0.712. The molecule has 4 aromatic rings. The summed E-state index contributed by atoms with van der Waals surface area (Å²) in [7, 11) is 0. The Bertz CT molecular complexity index is 1180. The molecule has 4 rings (SSSR count). The third kappa shape index (κ3) is 5.26. The van der Waals surface area contributed by atoms with Gasteiger partial charge in [0.25, 0.3) is 5.91 Å². The standard InChI is InChI=1S/C25H20FN3O3/c1-2-31-22-13-9-21(10-14-22)29-24(30)18-5-11-23(12-6-18)32-25-27-15-19(16-28-25)17-3-7-20(26)8-4-17/h3-16H,2H2,1H3,(H,29,30). The molecule has 0 bridgehead atoms. The zero-order chi connectivity index (χ0) is 22.3. The van der Waals surface area contributed by atoms with Crippen molar-refractivity contribution in [3.63, 3.8) is 0 Å². The third-order valence-electron chi connectivity index (χ3n) is 4.55. The molecule has 6 nitrogen and oxygen atoms in total. The summed E-state index contributed by atoms with van der Waals surface area (Å²) in [6.07, 6.45) is 3.21. The second-order valence-corrected chi connectivity index (χ2v) is 6.80. The van der Waals surface area contributed by atoms with E-state index in [0.717, 1.165) is 16.9 Å². The largest absolute Gasteiger partial charge is 0.494 e. The van der Waals surface area contributed by atoms with Crippen molar-refractivity contribution in [1.82, 2.24) is 9.97 Å². The van der Waals surface area contributed by atoms with E-state index in [1.807, 2.05) is 6.92 Å². The first-order chi connectivity index (χ1) is 15.6. The summed E-state index contributed by atoms with van der Waals surface area (Å²) in [5, 5.41) is 2.84. The molecule has 0 radical (unpaired) electrons. The lowest BCUT2D eigenvalue weighted by Gasteiger charge is -2.08. The Morgan fingerprint density at radius 2 is 1.47 bits per heavy atom. The van der Waals surface area contributed by atoms with Gasteiger partial charge in [-0.2, -0.15) is 0 Å². The molecule has 1 N–H and O–H groups in total. The van der Waals surface area contributed by atoms with Crippen LogP contribution in [0.15, 0.2) is 85.2 Å². The van der Waals surface area contributed by atoms with E-state index in [1.54, 1.807) is 73.1 Å². The molecule has 1 aromatic heterocycles. The van der Waals surface area contributed by atoms with Gasteiger partial charge in [0, 0.05) is 29.2 Å². The quantitative estimate of drug-likeness (QED) is 0.406. The zero-order valence-corrected chi connectivity index (χ0v) is 17.3. The van der Waals surface area contributed by atoms with Crippen LogP contribution in [-0.2, 0) is 0 Å². The van der Waals surface area contributed by atoms with E-state index in [9.17, 15) is 9.18 Å². The van der Waals surface area contributed by atoms with E-state index in [4.69, 9.17) is 9.47 Å². The number of ether oxygens (including phenoxy) is 2. The topological polar surface area (TPSA) is 73.3 Å². The number of benzene rings is 3. The number of carbonyl (C=O) groups excluding carboxylic acids is 1. The molecule has 0 saturated carbocycles. The molecule has 0 unspecified atom stereocenters. The van der Waals surface area contributed by atoms with Gasteiger partial charge < -0.3 is 14.8 Å². The Labute approximate surface area is 184 Å². The van der Waals surface area contributed by atoms with Gasteiger partial charge in [0.2, 0.25) is 0 Å². The van der Waals surface area contributed by atoms with Crippen LogP contribution in [0.3, 0.4) is 0 Å². The van der Waals surface area contributed by atoms with Crippen LogP contribution in [0.5, 0.6) is 17.5 Å². The molecule has 0 saturated heterocycles. The summed E-state index contributed by atoms with van der Waals surface area (Å²) in [5.41, 5.74) is 2.71. The van der Waals surface area contributed by atoms with Crippen LogP contribution >= 0.6 is 0 Å². The minimum Gasteiger partial charge on any atom is -0.494 e. The molecule has 0 atom stereocenters. The lowest BCUT2D eigenvalue weighted by atomic mass is 10.1. The van der Waals surface area contributed by atoms with Crippen molar-refractivity contribution in [2.45, 2.75) is 6.92 Å². The third-order valence-corrected chi connectivity index (χ3v) is 4.55. The Morgan fingerprint density at radius 1 is 0.844 bits per heavy atom. The van der Waals surface area contributed by atoms with E-state index in [-0.39, 0.29) is 17.7 Å². The van der Waals surface area contributed by atoms with E-state index >= 15 is 0 Å². The van der Waals surface area contributed by atoms with Crippen LogP contribution in [-0.4, -0.2) is 22.5 Å². The first-order valence-corrected chi connectivity index (χ1v) is 10.0. The van der Waals surface area contributed by atoms with Crippen LogP contribution in [0.2, 0.25) is 0 Å². The molecule has 32 heavy (non-hydrogen) atoms. The molecule has 0 aliphatic rings. The van der Waals surface area contributed by atoms with E-state index in [0.29, 0.717) is 23.6 Å². The minimum absolute atomic E-state index is 0.169. The summed E-state index contributed by atoms with van der Waals surface area (Å²) >= 11 is 0. The first kappa shape index (κ1) is 21.0. The average molecular weight is 429 g/mol. The van der Waals surface area contributed by atoms with Crippen LogP contribution in [0.1, 0.15) is 17.3 Å². The molecule has 1 amide bonds. The van der Waals surface area contributed by atoms with Crippen molar-refractivity contribution in [2.24, 2.45) is 0 Å². The highest BCUT2D eigenvalue weighted by Crippen LogP contribution is 2.22. The van der Waals surface area contributed by atoms with Gasteiger partial charge in [-0.3, -0.25) is 4.79 Å². The molecule has 7 heteroatoms. The number of amides is 1. The van der Waals surface area contributed by atoms with Crippen molar-refractivity contribution >= 4 is 11.6 Å². The van der Waals surface area contributed by atoms with Crippen molar-refractivity contribution in [3.8, 4) is 28.6 Å². The highest BCUT2D eigenvalue weighted by molar-refractivity contribution is 6.04. The Hall–Kier alpha value is -4.26. The van der Waals surface area contributed by atoms with Gasteiger partial charge in [-0.15, -0.1) is 0 Å². The summed E-state index contributed by atoms with van der Waals surface area (Å²) in [6, 6.07) is 20.1. The van der Waals surface area contributed by atoms with E-state index in [1.165, 1.54) is 12.1 Å². The number of aromatic nitrogens is 2. The second-order valence-electron chi connectivity index (χ2n) is 6.80.